The summed E-state index contributed by atoms with van der Waals surface area (Å²) in [6, 6.07) is -1.97. The van der Waals surface area contributed by atoms with Gasteiger partial charge in [0.1, 0.15) is 30.1 Å². The number of Topliss-reactive ketones (excluding diaryl/α,β-unsaturated/α-hetero) is 3. The highest BCUT2D eigenvalue weighted by atomic mass is 16.6. The summed E-state index contributed by atoms with van der Waals surface area (Å²) in [6.45, 7) is 12.4. The van der Waals surface area contributed by atoms with Crippen LogP contribution in [0.5, 0.6) is 0 Å². The number of hydrogen-bond acceptors (Lipinski definition) is 14. The number of amides is 1. The average Bonchev–Trinajstić information content (AvgIpc) is 3.33. The minimum atomic E-state index is -2.58. The van der Waals surface area contributed by atoms with Gasteiger partial charge in [-0.05, 0) is 108 Å². The summed E-state index contributed by atoms with van der Waals surface area (Å²) >= 11 is 0. The van der Waals surface area contributed by atoms with Crippen LogP contribution < -0.4 is 5.73 Å². The first-order valence-electron chi connectivity index (χ1n) is 25.9. The van der Waals surface area contributed by atoms with Crippen molar-refractivity contribution in [3.8, 4) is 0 Å². The van der Waals surface area contributed by atoms with Gasteiger partial charge in [-0.3, -0.25) is 34.9 Å². The molecule has 1 aliphatic carbocycles. The molecule has 1 amide bonds. The highest BCUT2D eigenvalue weighted by molar-refractivity contribution is 6.39. The number of methoxy groups -OCH3 is 2. The lowest BCUT2D eigenvalue weighted by molar-refractivity contribution is -0.264. The lowest BCUT2D eigenvalue weighted by Gasteiger charge is -2.44. The van der Waals surface area contributed by atoms with Crippen molar-refractivity contribution in [2.75, 3.05) is 34.9 Å². The molecule has 1 saturated carbocycles. The number of ketones is 3. The predicted molar refractivity (Wildman–Crippen MR) is 273 cm³/mol. The van der Waals surface area contributed by atoms with Crippen LogP contribution >= 0.6 is 0 Å². The van der Waals surface area contributed by atoms with E-state index in [-0.39, 0.29) is 73.6 Å². The Labute approximate surface area is 427 Å². The number of fused-ring (bicyclic) bond motifs is 3. The molecule has 3 heterocycles. The number of hydrogen-bond donors (Lipinski definition) is 6. The van der Waals surface area contributed by atoms with Gasteiger partial charge in [-0.15, -0.1) is 0 Å². The summed E-state index contributed by atoms with van der Waals surface area (Å²) in [5.41, 5.74) is 7.18. The Morgan fingerprint density at radius 2 is 1.61 bits per heavy atom. The normalized spacial score (nSPS) is 37.4. The van der Waals surface area contributed by atoms with Crippen LogP contribution in [0.4, 0.5) is 0 Å². The first kappa shape index (κ1) is 60.0. The SMILES string of the molecule is CO[C@@H]1C[C@@H](CC(C)[C@@H]2CC(=O)[C@H](C)/C=C(\C)[C@@H](O)[C@@H](OC)C(=O)[C@H](C)C[C@H](C)/C=C/C=C/C=C(/C)[C@@H](N(C(=N)N)C(=N)N(C)C)C[C@@H]3CC[C@@H](C)[C@@](O)(O3)C(=O)C(=O)N3CCCCC3C(=O)O2)CC[C@H]1O. The Balaban J connectivity index is 1.78. The molecule has 4 rings (SSSR count). The molecule has 7 N–H and O–H groups in total. The molecule has 0 aromatic heterocycles. The van der Waals surface area contributed by atoms with E-state index in [2.05, 4.69) is 0 Å². The molecular formula is C54H86N6O12. The zero-order valence-corrected chi connectivity index (χ0v) is 44.7. The van der Waals surface area contributed by atoms with Gasteiger partial charge in [0.2, 0.25) is 11.7 Å². The highest BCUT2D eigenvalue weighted by Gasteiger charge is 2.53. The van der Waals surface area contributed by atoms with Crippen molar-refractivity contribution in [2.45, 2.75) is 180 Å². The molecule has 3 aliphatic heterocycles. The molecule has 4 aliphatic rings. The minimum absolute atomic E-state index is 0.0290. The van der Waals surface area contributed by atoms with Crippen LogP contribution in [0.25, 0.3) is 0 Å². The fourth-order valence-corrected chi connectivity index (χ4v) is 10.8. The van der Waals surface area contributed by atoms with Crippen LogP contribution in [0.2, 0.25) is 0 Å². The van der Waals surface area contributed by atoms with Crippen molar-refractivity contribution in [3.05, 3.63) is 47.6 Å². The van der Waals surface area contributed by atoms with E-state index in [9.17, 15) is 39.3 Å². The number of carbonyl (C=O) groups excluding carboxylic acids is 5. The highest BCUT2D eigenvalue weighted by Crippen LogP contribution is 2.38. The van der Waals surface area contributed by atoms with E-state index in [1.54, 1.807) is 61.1 Å². The second-order valence-electron chi connectivity index (χ2n) is 21.4. The van der Waals surface area contributed by atoms with E-state index in [4.69, 9.17) is 35.5 Å². The van der Waals surface area contributed by atoms with Crippen molar-refractivity contribution in [1.82, 2.24) is 14.7 Å². The van der Waals surface area contributed by atoms with Gasteiger partial charge in [0.15, 0.2) is 11.7 Å². The molecule has 0 aromatic carbocycles. The number of aliphatic hydroxyl groups excluding tert-OH is 2. The van der Waals surface area contributed by atoms with E-state index in [1.165, 1.54) is 16.9 Å². The van der Waals surface area contributed by atoms with Gasteiger partial charge in [-0.2, -0.15) is 0 Å². The first-order chi connectivity index (χ1) is 33.9. The Morgan fingerprint density at radius 3 is 2.25 bits per heavy atom. The fourth-order valence-electron chi connectivity index (χ4n) is 10.8. The largest absolute Gasteiger partial charge is 0.460 e. The molecule has 18 nitrogen and oxygen atoms in total. The number of piperidine rings is 1. The van der Waals surface area contributed by atoms with Gasteiger partial charge in [0.25, 0.3) is 11.7 Å². The van der Waals surface area contributed by atoms with Gasteiger partial charge in [0, 0.05) is 59.0 Å². The molecule has 2 bridgehead atoms. The van der Waals surface area contributed by atoms with Crippen molar-refractivity contribution >= 4 is 41.1 Å². The number of nitrogens with one attached hydrogen (secondary N) is 2. The maximum Gasteiger partial charge on any atom is 0.329 e. The van der Waals surface area contributed by atoms with Crippen molar-refractivity contribution < 1.29 is 58.2 Å². The van der Waals surface area contributed by atoms with E-state index in [0.717, 1.165) is 4.90 Å². The molecule has 72 heavy (non-hydrogen) atoms. The molecule has 18 heteroatoms. The number of esters is 1. The lowest BCUT2D eigenvalue weighted by Crippen LogP contribution is -2.61. The Hall–Kier alpha value is -4.59. The number of nitrogens with two attached hydrogens (primary N) is 1. The number of nitrogens with zero attached hydrogens (tertiary/aromatic N) is 3. The molecule has 3 fully saturated rings. The van der Waals surface area contributed by atoms with Crippen molar-refractivity contribution in [1.29, 1.82) is 10.8 Å². The van der Waals surface area contributed by atoms with Gasteiger partial charge in [-0.1, -0.05) is 76.6 Å². The Morgan fingerprint density at radius 1 is 0.917 bits per heavy atom. The number of guanidine groups is 2. The molecular weight excluding hydrogens is 925 g/mol. The summed E-state index contributed by atoms with van der Waals surface area (Å²) in [5.74, 6) is -9.23. The minimum Gasteiger partial charge on any atom is -0.460 e. The molecule has 15 atom stereocenters. The molecule has 2 unspecified atom stereocenters. The molecule has 404 valence electrons. The monoisotopic (exact) mass is 1010 g/mol. The average molecular weight is 1010 g/mol. The molecule has 0 radical (unpaired) electrons. The maximum atomic E-state index is 14.5. The molecule has 2 saturated heterocycles. The number of aliphatic hydroxyl groups is 3. The van der Waals surface area contributed by atoms with E-state index in [1.807, 2.05) is 45.1 Å². The summed E-state index contributed by atoms with van der Waals surface area (Å²) in [5, 5.41) is 51.7. The predicted octanol–water partition coefficient (Wildman–Crippen LogP) is 5.23. The number of allylic oxidation sites excluding steroid dienone is 6. The fraction of sp³-hybridized carbons (Fsp3) is 0.722. The van der Waals surface area contributed by atoms with Crippen LogP contribution in [-0.4, -0.2) is 161 Å². The summed E-state index contributed by atoms with van der Waals surface area (Å²) in [7, 11) is 6.21. The second-order valence-corrected chi connectivity index (χ2v) is 21.4. The zero-order chi connectivity index (χ0) is 53.8. The van der Waals surface area contributed by atoms with Crippen molar-refractivity contribution in [3.63, 3.8) is 0 Å². The van der Waals surface area contributed by atoms with E-state index < -0.39 is 89.8 Å². The first-order valence-corrected chi connectivity index (χ1v) is 25.9. The second kappa shape index (κ2) is 27.1. The summed E-state index contributed by atoms with van der Waals surface area (Å²) in [6.07, 6.45) is 9.95. The number of cyclic esters (lactones) is 1. The number of ether oxygens (including phenoxy) is 4. The Bertz CT molecular complexity index is 2060. The summed E-state index contributed by atoms with van der Waals surface area (Å²) < 4.78 is 23.7. The summed E-state index contributed by atoms with van der Waals surface area (Å²) in [4.78, 5) is 75.5. The molecule has 0 spiro atoms. The van der Waals surface area contributed by atoms with Crippen LogP contribution in [-0.2, 0) is 42.9 Å². The topological polar surface area (TPSA) is 266 Å². The van der Waals surface area contributed by atoms with Crippen LogP contribution in [0.1, 0.15) is 126 Å². The zero-order valence-electron chi connectivity index (χ0n) is 44.7. The lowest BCUT2D eigenvalue weighted by atomic mass is 9.78. The third-order valence-corrected chi connectivity index (χ3v) is 15.4. The quantitative estimate of drug-likeness (QED) is 0.0655. The molecule has 0 aromatic rings. The van der Waals surface area contributed by atoms with Gasteiger partial charge in [-0.25, -0.2) is 4.79 Å². The smallest absolute Gasteiger partial charge is 0.329 e. The van der Waals surface area contributed by atoms with E-state index >= 15 is 0 Å². The Kier molecular flexibility index (Phi) is 22.6. The van der Waals surface area contributed by atoms with Crippen LogP contribution in [0, 0.1) is 46.3 Å². The number of carbonyl (C=O) groups is 5. The third-order valence-electron chi connectivity index (χ3n) is 15.4. The van der Waals surface area contributed by atoms with Gasteiger partial charge >= 0.3 is 5.97 Å². The van der Waals surface area contributed by atoms with Crippen molar-refractivity contribution in [2.24, 2.45) is 41.2 Å². The third kappa shape index (κ3) is 15.2. The van der Waals surface area contributed by atoms with Gasteiger partial charge < -0.3 is 49.8 Å². The van der Waals surface area contributed by atoms with Crippen LogP contribution in [0.3, 0.4) is 0 Å². The maximum absolute atomic E-state index is 14.5. The van der Waals surface area contributed by atoms with E-state index in [0.29, 0.717) is 62.5 Å². The van der Waals surface area contributed by atoms with Crippen LogP contribution in [0.15, 0.2) is 47.6 Å². The van der Waals surface area contributed by atoms with Gasteiger partial charge in [0.05, 0.1) is 24.4 Å². The number of rotatable bonds is 6. The standard InChI is InChI=1S/C54H86N6O12/c1-31-17-13-12-14-18-32(2)41(60(52(55)56)53(57)58(8)9)29-39-22-20-37(7)54(68,72-39)49(65)50(66)59-24-16-15-19-40(59)51(67)71-44(34(4)27-38-21-23-42(61)45(28-38)69-10)30-43(62)33(3)26-36(6)47(64)48(70-11)46(63)35(5)25-31/h12-14,17-18,26,31,33-35,37-42,44-45,47-48,57,61,64,68H,15-16,19-25,27-30H2,1-11H3,(H3,55,56)/b14-12+,17-13+,32-18-,36-26+,57-53?/t31-,33-,34?,35-,37-,38-,39+,40?,41+,42-,44+,45-,47-,48+,54-/m1/s1.